The molecule has 0 amide bonds. The first kappa shape index (κ1) is 19.8. The van der Waals surface area contributed by atoms with Crippen LogP contribution in [0.3, 0.4) is 0 Å². The SMILES string of the molecule is CCOc1cc(C=O)ccc1OCCCN1CCCC(C)C1.Cl. The lowest BCUT2D eigenvalue weighted by atomic mass is 10.0. The van der Waals surface area contributed by atoms with Crippen molar-refractivity contribution in [3.63, 3.8) is 0 Å². The number of carbonyl (C=O) groups excluding carboxylic acids is 1. The molecular formula is C18H28ClNO3. The number of likely N-dealkylation sites (tertiary alicyclic amines) is 1. The highest BCUT2D eigenvalue weighted by molar-refractivity contribution is 5.85. The summed E-state index contributed by atoms with van der Waals surface area (Å²) < 4.78 is 11.4. The second kappa shape index (κ2) is 10.5. The minimum Gasteiger partial charge on any atom is -0.490 e. The molecule has 1 aliphatic heterocycles. The average molecular weight is 342 g/mol. The largest absolute Gasteiger partial charge is 0.490 e. The number of piperidine rings is 1. The van der Waals surface area contributed by atoms with Gasteiger partial charge >= 0.3 is 0 Å². The fourth-order valence-corrected chi connectivity index (χ4v) is 2.95. The minimum atomic E-state index is 0. The highest BCUT2D eigenvalue weighted by Crippen LogP contribution is 2.28. The van der Waals surface area contributed by atoms with E-state index in [0.29, 0.717) is 24.5 Å². The van der Waals surface area contributed by atoms with Crippen molar-refractivity contribution in [3.8, 4) is 11.5 Å². The van der Waals surface area contributed by atoms with Crippen LogP contribution in [-0.4, -0.2) is 44.0 Å². The number of carbonyl (C=O) groups is 1. The van der Waals surface area contributed by atoms with Crippen molar-refractivity contribution in [2.24, 2.45) is 5.92 Å². The number of benzene rings is 1. The van der Waals surface area contributed by atoms with E-state index < -0.39 is 0 Å². The molecule has 0 spiro atoms. The molecule has 0 radical (unpaired) electrons. The third-order valence-electron chi connectivity index (χ3n) is 4.02. The van der Waals surface area contributed by atoms with Crippen LogP contribution in [0.1, 0.15) is 43.5 Å². The number of rotatable bonds is 8. The Bertz CT molecular complexity index is 481. The number of halogens is 1. The first-order chi connectivity index (χ1) is 10.7. The van der Waals surface area contributed by atoms with Crippen LogP contribution in [0.5, 0.6) is 11.5 Å². The van der Waals surface area contributed by atoms with Crippen LogP contribution in [0.4, 0.5) is 0 Å². The molecular weight excluding hydrogens is 314 g/mol. The molecule has 0 saturated carbocycles. The first-order valence-corrected chi connectivity index (χ1v) is 8.30. The zero-order valence-electron chi connectivity index (χ0n) is 14.1. The summed E-state index contributed by atoms with van der Waals surface area (Å²) in [4.78, 5) is 13.4. The molecule has 23 heavy (non-hydrogen) atoms. The summed E-state index contributed by atoms with van der Waals surface area (Å²) in [6, 6.07) is 5.31. The van der Waals surface area contributed by atoms with E-state index in [2.05, 4.69) is 11.8 Å². The molecule has 0 N–H and O–H groups in total. The molecule has 4 nitrogen and oxygen atoms in total. The maximum Gasteiger partial charge on any atom is 0.161 e. The Kier molecular flexibility index (Phi) is 9.03. The monoisotopic (exact) mass is 341 g/mol. The van der Waals surface area contributed by atoms with Gasteiger partial charge in [-0.1, -0.05) is 6.92 Å². The normalized spacial score (nSPS) is 18.1. The second-order valence-corrected chi connectivity index (χ2v) is 6.01. The molecule has 1 atom stereocenters. The minimum absolute atomic E-state index is 0. The third kappa shape index (κ3) is 6.40. The van der Waals surface area contributed by atoms with Gasteiger partial charge in [-0.2, -0.15) is 0 Å². The van der Waals surface area contributed by atoms with Crippen LogP contribution >= 0.6 is 12.4 Å². The Hall–Kier alpha value is -1.26. The Balaban J connectivity index is 0.00000264. The van der Waals surface area contributed by atoms with Gasteiger partial charge in [0.25, 0.3) is 0 Å². The van der Waals surface area contributed by atoms with E-state index in [1.165, 1.54) is 25.9 Å². The zero-order valence-corrected chi connectivity index (χ0v) is 14.9. The van der Waals surface area contributed by atoms with Crippen LogP contribution < -0.4 is 9.47 Å². The third-order valence-corrected chi connectivity index (χ3v) is 4.02. The quantitative estimate of drug-likeness (QED) is 0.532. The van der Waals surface area contributed by atoms with Crippen molar-refractivity contribution < 1.29 is 14.3 Å². The standard InChI is InChI=1S/C18H27NO3.ClH/c1-3-21-18-12-16(14-20)7-8-17(18)22-11-5-10-19-9-4-6-15(2)13-19;/h7-8,12,14-15H,3-6,9-11,13H2,1-2H3;1H. The fourth-order valence-electron chi connectivity index (χ4n) is 2.95. The molecule has 0 aliphatic carbocycles. The van der Waals surface area contributed by atoms with Crippen LogP contribution in [0.2, 0.25) is 0 Å². The summed E-state index contributed by atoms with van der Waals surface area (Å²) in [6.45, 7) is 8.98. The van der Waals surface area contributed by atoms with E-state index in [9.17, 15) is 4.79 Å². The topological polar surface area (TPSA) is 38.8 Å². The fraction of sp³-hybridized carbons (Fsp3) is 0.611. The number of aldehydes is 1. The van der Waals surface area contributed by atoms with Crippen molar-refractivity contribution in [3.05, 3.63) is 23.8 Å². The Morgan fingerprint density at radius 3 is 2.83 bits per heavy atom. The lowest BCUT2D eigenvalue weighted by molar-refractivity contribution is 0.112. The summed E-state index contributed by atoms with van der Waals surface area (Å²) in [5, 5.41) is 0. The van der Waals surface area contributed by atoms with Crippen molar-refractivity contribution >= 4 is 18.7 Å². The van der Waals surface area contributed by atoms with Crippen LogP contribution in [-0.2, 0) is 0 Å². The van der Waals surface area contributed by atoms with E-state index in [1.807, 2.05) is 13.0 Å². The molecule has 1 heterocycles. The van der Waals surface area contributed by atoms with Crippen molar-refractivity contribution in [1.29, 1.82) is 0 Å². The maximum absolute atomic E-state index is 10.8. The van der Waals surface area contributed by atoms with Crippen LogP contribution in [0, 0.1) is 5.92 Å². The van der Waals surface area contributed by atoms with Crippen molar-refractivity contribution in [1.82, 2.24) is 4.90 Å². The summed E-state index contributed by atoms with van der Waals surface area (Å²) in [5.41, 5.74) is 0.609. The predicted octanol–water partition coefficient (Wildman–Crippen LogP) is 3.82. The van der Waals surface area contributed by atoms with Gasteiger partial charge < -0.3 is 14.4 Å². The predicted molar refractivity (Wildman–Crippen MR) is 95.2 cm³/mol. The van der Waals surface area contributed by atoms with Gasteiger partial charge in [-0.3, -0.25) is 4.79 Å². The summed E-state index contributed by atoms with van der Waals surface area (Å²) in [5.74, 6) is 2.19. The highest BCUT2D eigenvalue weighted by Gasteiger charge is 2.15. The molecule has 2 rings (SSSR count). The molecule has 1 saturated heterocycles. The van der Waals surface area contributed by atoms with Gasteiger partial charge in [0.15, 0.2) is 11.5 Å². The van der Waals surface area contributed by atoms with E-state index in [1.54, 1.807) is 12.1 Å². The summed E-state index contributed by atoms with van der Waals surface area (Å²) in [7, 11) is 0. The zero-order chi connectivity index (χ0) is 15.8. The smallest absolute Gasteiger partial charge is 0.161 e. The van der Waals surface area contributed by atoms with Gasteiger partial charge in [-0.25, -0.2) is 0 Å². The Labute approximate surface area is 145 Å². The molecule has 130 valence electrons. The molecule has 1 aliphatic rings. The summed E-state index contributed by atoms with van der Waals surface area (Å²) >= 11 is 0. The highest BCUT2D eigenvalue weighted by atomic mass is 35.5. The average Bonchev–Trinajstić information content (AvgIpc) is 2.53. The van der Waals surface area contributed by atoms with Gasteiger partial charge in [0.05, 0.1) is 13.2 Å². The number of nitrogens with zero attached hydrogens (tertiary/aromatic N) is 1. The molecule has 1 unspecified atom stereocenters. The number of ether oxygens (including phenoxy) is 2. The molecule has 1 aromatic carbocycles. The first-order valence-electron chi connectivity index (χ1n) is 8.30. The maximum atomic E-state index is 10.8. The van der Waals surface area contributed by atoms with E-state index in [-0.39, 0.29) is 12.4 Å². The van der Waals surface area contributed by atoms with Gasteiger partial charge in [0, 0.05) is 18.7 Å². The van der Waals surface area contributed by atoms with E-state index in [0.717, 1.165) is 30.9 Å². The van der Waals surface area contributed by atoms with Crippen molar-refractivity contribution in [2.75, 3.05) is 32.8 Å². The van der Waals surface area contributed by atoms with Crippen molar-refractivity contribution in [2.45, 2.75) is 33.1 Å². The lowest BCUT2D eigenvalue weighted by Gasteiger charge is -2.30. The van der Waals surface area contributed by atoms with Crippen LogP contribution in [0.15, 0.2) is 18.2 Å². The van der Waals surface area contributed by atoms with E-state index >= 15 is 0 Å². The number of hydrogen-bond acceptors (Lipinski definition) is 4. The lowest BCUT2D eigenvalue weighted by Crippen LogP contribution is -2.35. The summed E-state index contributed by atoms with van der Waals surface area (Å²) in [6.07, 6.45) is 4.50. The molecule has 1 fully saturated rings. The van der Waals surface area contributed by atoms with Crippen LogP contribution in [0.25, 0.3) is 0 Å². The van der Waals surface area contributed by atoms with Gasteiger partial charge in [-0.15, -0.1) is 12.4 Å². The Morgan fingerprint density at radius 1 is 1.30 bits per heavy atom. The molecule has 5 heteroatoms. The number of hydrogen-bond donors (Lipinski definition) is 0. The Morgan fingerprint density at radius 2 is 2.13 bits per heavy atom. The molecule has 0 aromatic heterocycles. The molecule has 1 aromatic rings. The van der Waals surface area contributed by atoms with E-state index in [4.69, 9.17) is 9.47 Å². The van der Waals surface area contributed by atoms with Gasteiger partial charge in [-0.05, 0) is 56.8 Å². The molecule has 0 bridgehead atoms. The van der Waals surface area contributed by atoms with Gasteiger partial charge in [0.2, 0.25) is 0 Å². The van der Waals surface area contributed by atoms with Gasteiger partial charge in [0.1, 0.15) is 6.29 Å². The second-order valence-electron chi connectivity index (χ2n) is 6.01.